The summed E-state index contributed by atoms with van der Waals surface area (Å²) in [6.07, 6.45) is 6.00. The van der Waals surface area contributed by atoms with Gasteiger partial charge in [-0.2, -0.15) is 0 Å². The van der Waals surface area contributed by atoms with Gasteiger partial charge in [-0.3, -0.25) is 4.98 Å². The third kappa shape index (κ3) is 4.07. The number of oxime groups is 1. The molecule has 2 aromatic rings. The Hall–Kier alpha value is -2.16. The Morgan fingerprint density at radius 3 is 2.76 bits per heavy atom. The largest absolute Gasteiger partial charge is 0.395 e. The molecule has 1 aromatic heterocycles. The second-order valence-electron chi connectivity index (χ2n) is 3.59. The summed E-state index contributed by atoms with van der Waals surface area (Å²) < 4.78 is 0. The molecule has 0 saturated carbocycles. The lowest BCUT2D eigenvalue weighted by molar-refractivity contribution is 0.149. The molecule has 0 aliphatic rings. The summed E-state index contributed by atoms with van der Waals surface area (Å²) in [4.78, 5) is 9.17. The number of aromatic nitrogens is 1. The van der Waals surface area contributed by atoms with E-state index < -0.39 is 0 Å². The van der Waals surface area contributed by atoms with Crippen LogP contribution in [0, 0.1) is 0 Å². The summed E-state index contributed by atoms with van der Waals surface area (Å²) in [6.45, 7) is 0.584. The van der Waals surface area contributed by atoms with E-state index in [9.17, 15) is 0 Å². The molecule has 0 spiro atoms. The molecule has 0 radical (unpaired) electrons. The molecule has 3 heteroatoms. The third-order valence-electron chi connectivity index (χ3n) is 2.29. The fourth-order valence-corrected chi connectivity index (χ4v) is 1.41. The Balaban J connectivity index is 1.72. The van der Waals surface area contributed by atoms with Crippen molar-refractivity contribution < 1.29 is 4.84 Å². The van der Waals surface area contributed by atoms with Crippen molar-refractivity contribution in [3.63, 3.8) is 0 Å². The maximum atomic E-state index is 5.18. The molecule has 0 saturated heterocycles. The predicted molar refractivity (Wildman–Crippen MR) is 67.9 cm³/mol. The minimum absolute atomic E-state index is 0.584. The van der Waals surface area contributed by atoms with Crippen LogP contribution in [0.5, 0.6) is 0 Å². The van der Waals surface area contributed by atoms with Crippen molar-refractivity contribution in [1.82, 2.24) is 4.98 Å². The molecule has 17 heavy (non-hydrogen) atoms. The second kappa shape index (κ2) is 6.43. The Kier molecular flexibility index (Phi) is 4.28. The minimum Gasteiger partial charge on any atom is -0.395 e. The van der Waals surface area contributed by atoms with Gasteiger partial charge in [0.05, 0.1) is 6.21 Å². The second-order valence-corrected chi connectivity index (χ2v) is 3.59. The van der Waals surface area contributed by atoms with E-state index in [0.29, 0.717) is 6.61 Å². The zero-order chi connectivity index (χ0) is 11.8. The molecule has 0 amide bonds. The SMILES string of the molecule is C(=N/OCCc1ccccc1)/c1cccnc1. The fourth-order valence-electron chi connectivity index (χ4n) is 1.41. The number of rotatable bonds is 5. The van der Waals surface area contributed by atoms with Gasteiger partial charge < -0.3 is 4.84 Å². The number of pyridine rings is 1. The smallest absolute Gasteiger partial charge is 0.121 e. The molecule has 0 unspecified atom stereocenters. The van der Waals surface area contributed by atoms with E-state index in [4.69, 9.17) is 4.84 Å². The van der Waals surface area contributed by atoms with E-state index in [1.807, 2.05) is 30.3 Å². The zero-order valence-electron chi connectivity index (χ0n) is 9.49. The van der Waals surface area contributed by atoms with E-state index >= 15 is 0 Å². The highest BCUT2D eigenvalue weighted by Gasteiger charge is 1.90. The van der Waals surface area contributed by atoms with Crippen molar-refractivity contribution in [2.75, 3.05) is 6.61 Å². The Bertz CT molecular complexity index is 454. The minimum atomic E-state index is 0.584. The topological polar surface area (TPSA) is 34.5 Å². The Morgan fingerprint density at radius 2 is 2.00 bits per heavy atom. The van der Waals surface area contributed by atoms with Crippen molar-refractivity contribution in [1.29, 1.82) is 0 Å². The molecule has 3 nitrogen and oxygen atoms in total. The summed E-state index contributed by atoms with van der Waals surface area (Å²) in [5, 5.41) is 3.89. The molecule has 0 fully saturated rings. The zero-order valence-corrected chi connectivity index (χ0v) is 9.49. The molecule has 0 aliphatic heterocycles. The predicted octanol–water partition coefficient (Wildman–Crippen LogP) is 2.67. The molecule has 86 valence electrons. The van der Waals surface area contributed by atoms with Crippen LogP contribution in [-0.4, -0.2) is 17.8 Å². The van der Waals surface area contributed by atoms with Gasteiger partial charge in [-0.05, 0) is 11.6 Å². The highest BCUT2D eigenvalue weighted by atomic mass is 16.6. The van der Waals surface area contributed by atoms with Crippen LogP contribution in [0.15, 0.2) is 60.0 Å². The van der Waals surface area contributed by atoms with E-state index in [0.717, 1.165) is 12.0 Å². The van der Waals surface area contributed by atoms with Crippen molar-refractivity contribution in [2.24, 2.45) is 5.16 Å². The van der Waals surface area contributed by atoms with Crippen molar-refractivity contribution >= 4 is 6.21 Å². The Labute approximate surface area is 101 Å². The highest BCUT2D eigenvalue weighted by Crippen LogP contribution is 1.99. The van der Waals surface area contributed by atoms with Crippen LogP contribution >= 0.6 is 0 Å². The molecule has 0 N–H and O–H groups in total. The van der Waals surface area contributed by atoms with E-state index in [1.165, 1.54) is 5.56 Å². The number of hydrogen-bond acceptors (Lipinski definition) is 3. The van der Waals surface area contributed by atoms with Crippen LogP contribution in [-0.2, 0) is 11.3 Å². The summed E-state index contributed by atoms with van der Waals surface area (Å²) in [5.74, 6) is 0. The molecular weight excluding hydrogens is 212 g/mol. The van der Waals surface area contributed by atoms with Crippen LogP contribution in [0.25, 0.3) is 0 Å². The van der Waals surface area contributed by atoms with E-state index in [1.54, 1.807) is 18.6 Å². The van der Waals surface area contributed by atoms with Gasteiger partial charge in [0.1, 0.15) is 6.61 Å². The van der Waals surface area contributed by atoms with Gasteiger partial charge in [0.25, 0.3) is 0 Å². The van der Waals surface area contributed by atoms with Gasteiger partial charge in [0.15, 0.2) is 0 Å². The van der Waals surface area contributed by atoms with E-state index in [-0.39, 0.29) is 0 Å². The van der Waals surface area contributed by atoms with Crippen molar-refractivity contribution in [2.45, 2.75) is 6.42 Å². The molecule has 0 aliphatic carbocycles. The van der Waals surface area contributed by atoms with Crippen molar-refractivity contribution in [3.8, 4) is 0 Å². The summed E-state index contributed by atoms with van der Waals surface area (Å²) in [7, 11) is 0. The van der Waals surface area contributed by atoms with Crippen LogP contribution in [0.4, 0.5) is 0 Å². The normalized spacial score (nSPS) is 10.6. The lowest BCUT2D eigenvalue weighted by atomic mass is 10.2. The maximum Gasteiger partial charge on any atom is 0.121 e. The number of nitrogens with zero attached hydrogens (tertiary/aromatic N) is 2. The summed E-state index contributed by atoms with van der Waals surface area (Å²) >= 11 is 0. The molecule has 1 aromatic carbocycles. The van der Waals surface area contributed by atoms with Crippen molar-refractivity contribution in [3.05, 3.63) is 66.0 Å². The lowest BCUT2D eigenvalue weighted by Crippen LogP contribution is -1.94. The van der Waals surface area contributed by atoms with Crippen LogP contribution in [0.3, 0.4) is 0 Å². The van der Waals surface area contributed by atoms with Gasteiger partial charge in [-0.25, -0.2) is 0 Å². The first-order valence-electron chi connectivity index (χ1n) is 5.54. The first-order chi connectivity index (χ1) is 8.45. The standard InChI is InChI=1S/C14H14N2O/c1-2-5-13(6-3-1)8-10-17-16-12-14-7-4-9-15-11-14/h1-7,9,11-12H,8,10H2/b16-12-. The molecule has 2 rings (SSSR count). The lowest BCUT2D eigenvalue weighted by Gasteiger charge is -1.99. The first kappa shape index (κ1) is 11.3. The monoisotopic (exact) mass is 226 g/mol. The number of hydrogen-bond donors (Lipinski definition) is 0. The average Bonchev–Trinajstić information content (AvgIpc) is 2.41. The Morgan fingerprint density at radius 1 is 1.12 bits per heavy atom. The molecule has 1 heterocycles. The molecular formula is C14H14N2O. The molecule has 0 bridgehead atoms. The van der Waals surface area contributed by atoms with Gasteiger partial charge in [0.2, 0.25) is 0 Å². The average molecular weight is 226 g/mol. The third-order valence-corrected chi connectivity index (χ3v) is 2.29. The van der Waals surface area contributed by atoms with Crippen LogP contribution in [0.2, 0.25) is 0 Å². The molecule has 0 atom stereocenters. The highest BCUT2D eigenvalue weighted by molar-refractivity contribution is 5.78. The fraction of sp³-hybridized carbons (Fsp3) is 0.143. The summed E-state index contributed by atoms with van der Waals surface area (Å²) in [6, 6.07) is 14.0. The first-order valence-corrected chi connectivity index (χ1v) is 5.54. The maximum absolute atomic E-state index is 5.18. The van der Waals surface area contributed by atoms with E-state index in [2.05, 4.69) is 22.3 Å². The van der Waals surface area contributed by atoms with Gasteiger partial charge in [0, 0.05) is 24.4 Å². The van der Waals surface area contributed by atoms with Crippen LogP contribution in [0.1, 0.15) is 11.1 Å². The van der Waals surface area contributed by atoms with Gasteiger partial charge >= 0.3 is 0 Å². The quantitative estimate of drug-likeness (QED) is 0.446. The van der Waals surface area contributed by atoms with Gasteiger partial charge in [-0.1, -0.05) is 41.6 Å². The van der Waals surface area contributed by atoms with Gasteiger partial charge in [-0.15, -0.1) is 0 Å². The number of benzene rings is 1. The van der Waals surface area contributed by atoms with Crippen LogP contribution < -0.4 is 0 Å². The summed E-state index contributed by atoms with van der Waals surface area (Å²) in [5.41, 5.74) is 2.19.